The Kier molecular flexibility index (Phi) is 3.90. The van der Waals surface area contributed by atoms with Gasteiger partial charge in [-0.2, -0.15) is 0 Å². The summed E-state index contributed by atoms with van der Waals surface area (Å²) in [5.41, 5.74) is 1.02. The molecule has 2 fully saturated rings. The van der Waals surface area contributed by atoms with Crippen molar-refractivity contribution < 1.29 is 9.21 Å². The molecule has 0 aliphatic carbocycles. The maximum atomic E-state index is 12.5. The summed E-state index contributed by atoms with van der Waals surface area (Å²) < 4.78 is 5.49. The van der Waals surface area contributed by atoms with E-state index >= 15 is 0 Å². The van der Waals surface area contributed by atoms with Gasteiger partial charge in [-0.25, -0.2) is 0 Å². The smallest absolute Gasteiger partial charge is 0.241 e. The Morgan fingerprint density at radius 1 is 1.12 bits per heavy atom. The molecule has 5 nitrogen and oxygen atoms in total. The number of nitrogens with zero attached hydrogens (tertiary/aromatic N) is 3. The molecule has 2 aliphatic rings. The second-order valence-corrected chi connectivity index (χ2v) is 6.94. The van der Waals surface area contributed by atoms with Crippen LogP contribution in [0.15, 0.2) is 53.1 Å². The zero-order valence-electron chi connectivity index (χ0n) is 14.0. The van der Waals surface area contributed by atoms with Gasteiger partial charge in [0.2, 0.25) is 5.91 Å². The number of carbonyl (C=O) groups is 1. The van der Waals surface area contributed by atoms with E-state index in [4.69, 9.17) is 4.42 Å². The maximum Gasteiger partial charge on any atom is 0.241 e. The van der Waals surface area contributed by atoms with Crippen LogP contribution in [0.5, 0.6) is 0 Å². The highest BCUT2D eigenvalue weighted by atomic mass is 16.3. The van der Waals surface area contributed by atoms with E-state index in [9.17, 15) is 4.79 Å². The fourth-order valence-electron chi connectivity index (χ4n) is 3.94. The first kappa shape index (κ1) is 15.4. The van der Waals surface area contributed by atoms with Crippen molar-refractivity contribution in [3.8, 4) is 0 Å². The Bertz CT molecular complexity index is 701. The first-order valence-corrected chi connectivity index (χ1v) is 8.48. The van der Waals surface area contributed by atoms with Gasteiger partial charge in [0.15, 0.2) is 0 Å². The van der Waals surface area contributed by atoms with Crippen molar-refractivity contribution in [1.82, 2.24) is 9.80 Å². The van der Waals surface area contributed by atoms with E-state index in [1.165, 1.54) is 0 Å². The lowest BCUT2D eigenvalue weighted by atomic mass is 9.92. The highest BCUT2D eigenvalue weighted by Crippen LogP contribution is 2.33. The van der Waals surface area contributed by atoms with Crippen LogP contribution in [0.25, 0.3) is 0 Å². The minimum atomic E-state index is 0.0242. The van der Waals surface area contributed by atoms with Crippen LogP contribution in [0.3, 0.4) is 0 Å². The van der Waals surface area contributed by atoms with Crippen molar-refractivity contribution >= 4 is 11.6 Å². The third-order valence-electron chi connectivity index (χ3n) is 5.37. The van der Waals surface area contributed by atoms with Crippen molar-refractivity contribution in [2.45, 2.75) is 18.5 Å². The molecule has 3 heterocycles. The van der Waals surface area contributed by atoms with Crippen LogP contribution in [-0.2, 0) is 11.3 Å². The number of amides is 1. The normalized spacial score (nSPS) is 25.7. The first-order chi connectivity index (χ1) is 11.7. The van der Waals surface area contributed by atoms with Crippen molar-refractivity contribution in [2.75, 3.05) is 38.1 Å². The van der Waals surface area contributed by atoms with Crippen LogP contribution >= 0.6 is 0 Å². The predicted molar refractivity (Wildman–Crippen MR) is 92.8 cm³/mol. The van der Waals surface area contributed by atoms with E-state index in [0.29, 0.717) is 6.54 Å². The monoisotopic (exact) mass is 325 g/mol. The molecule has 1 spiro atoms. The van der Waals surface area contributed by atoms with Gasteiger partial charge in [-0.15, -0.1) is 0 Å². The number of para-hydroxylation sites is 1. The number of anilines is 1. The van der Waals surface area contributed by atoms with Gasteiger partial charge in [-0.05, 0) is 37.7 Å². The summed E-state index contributed by atoms with van der Waals surface area (Å²) >= 11 is 0. The van der Waals surface area contributed by atoms with Gasteiger partial charge in [0.25, 0.3) is 0 Å². The van der Waals surface area contributed by atoms with Crippen LogP contribution in [0.2, 0.25) is 0 Å². The molecule has 126 valence electrons. The quantitative estimate of drug-likeness (QED) is 0.867. The summed E-state index contributed by atoms with van der Waals surface area (Å²) in [7, 11) is 2.08. The highest BCUT2D eigenvalue weighted by molar-refractivity contribution is 5.96. The Balaban J connectivity index is 1.52. The molecule has 0 radical (unpaired) electrons. The van der Waals surface area contributed by atoms with Gasteiger partial charge >= 0.3 is 0 Å². The Hall–Kier alpha value is -2.11. The number of likely N-dealkylation sites (tertiary alicyclic amines) is 1. The molecule has 0 bridgehead atoms. The van der Waals surface area contributed by atoms with E-state index in [-0.39, 0.29) is 11.4 Å². The third-order valence-corrected chi connectivity index (χ3v) is 5.37. The SMILES string of the molecule is CN1CC(=O)N(c2ccccc2)C[C@@]12CCN(Cc1ccco1)C2. The van der Waals surface area contributed by atoms with Crippen molar-refractivity contribution in [3.05, 3.63) is 54.5 Å². The molecule has 2 aliphatic heterocycles. The predicted octanol–water partition coefficient (Wildman–Crippen LogP) is 2.20. The van der Waals surface area contributed by atoms with Crippen LogP contribution in [0.1, 0.15) is 12.2 Å². The Labute approximate surface area is 142 Å². The van der Waals surface area contributed by atoms with Gasteiger partial charge < -0.3 is 9.32 Å². The molecule has 1 amide bonds. The van der Waals surface area contributed by atoms with E-state index in [0.717, 1.165) is 44.0 Å². The fourth-order valence-corrected chi connectivity index (χ4v) is 3.94. The minimum absolute atomic E-state index is 0.0242. The molecular weight excluding hydrogens is 302 g/mol. The van der Waals surface area contributed by atoms with Gasteiger partial charge in [0, 0.05) is 25.3 Å². The van der Waals surface area contributed by atoms with Crippen LogP contribution in [0, 0.1) is 0 Å². The molecule has 2 aromatic rings. The van der Waals surface area contributed by atoms with Crippen LogP contribution in [0.4, 0.5) is 5.69 Å². The van der Waals surface area contributed by atoms with Gasteiger partial charge in [0.05, 0.1) is 24.9 Å². The number of furan rings is 1. The lowest BCUT2D eigenvalue weighted by Gasteiger charge is -2.47. The zero-order chi connectivity index (χ0) is 16.6. The van der Waals surface area contributed by atoms with Crippen LogP contribution in [-0.4, -0.2) is 54.5 Å². The summed E-state index contributed by atoms with van der Waals surface area (Å²) in [5, 5.41) is 0. The van der Waals surface area contributed by atoms with E-state index < -0.39 is 0 Å². The van der Waals surface area contributed by atoms with Gasteiger partial charge in [0.1, 0.15) is 5.76 Å². The molecule has 0 N–H and O–H groups in total. The minimum Gasteiger partial charge on any atom is -0.468 e. The van der Waals surface area contributed by atoms with E-state index in [2.05, 4.69) is 16.8 Å². The summed E-state index contributed by atoms with van der Waals surface area (Å²) in [6.45, 7) is 4.05. The summed E-state index contributed by atoms with van der Waals surface area (Å²) in [4.78, 5) is 19.2. The lowest BCUT2D eigenvalue weighted by molar-refractivity contribution is -0.123. The number of piperazine rings is 1. The van der Waals surface area contributed by atoms with Gasteiger partial charge in [-0.1, -0.05) is 18.2 Å². The largest absolute Gasteiger partial charge is 0.468 e. The topological polar surface area (TPSA) is 39.9 Å². The molecule has 4 rings (SSSR count). The summed E-state index contributed by atoms with van der Waals surface area (Å²) in [6, 6.07) is 14.0. The Morgan fingerprint density at radius 2 is 1.96 bits per heavy atom. The van der Waals surface area contributed by atoms with Crippen molar-refractivity contribution in [3.63, 3.8) is 0 Å². The van der Waals surface area contributed by atoms with Gasteiger partial charge in [-0.3, -0.25) is 14.6 Å². The number of likely N-dealkylation sites (N-methyl/N-ethyl adjacent to an activating group) is 1. The molecule has 2 saturated heterocycles. The molecule has 1 aromatic carbocycles. The second kappa shape index (κ2) is 6.07. The molecule has 24 heavy (non-hydrogen) atoms. The average molecular weight is 325 g/mol. The number of hydrogen-bond donors (Lipinski definition) is 0. The van der Waals surface area contributed by atoms with E-state index in [1.807, 2.05) is 47.4 Å². The molecule has 5 heteroatoms. The fraction of sp³-hybridized carbons (Fsp3) is 0.421. The molecular formula is C19H23N3O2. The van der Waals surface area contributed by atoms with Crippen LogP contribution < -0.4 is 4.90 Å². The highest BCUT2D eigenvalue weighted by Gasteiger charge is 2.47. The number of hydrogen-bond acceptors (Lipinski definition) is 4. The molecule has 1 atom stereocenters. The average Bonchev–Trinajstić information content (AvgIpc) is 3.23. The van der Waals surface area contributed by atoms with E-state index in [1.54, 1.807) is 6.26 Å². The standard InChI is InChI=1S/C19H23N3O2/c1-20-13-18(23)22(16-6-3-2-4-7-16)15-19(20)9-10-21(14-19)12-17-8-5-11-24-17/h2-8,11H,9-10,12-15H2,1H3/t19-/m0/s1. The van der Waals surface area contributed by atoms with Crippen molar-refractivity contribution in [2.24, 2.45) is 0 Å². The molecule has 0 saturated carbocycles. The lowest BCUT2D eigenvalue weighted by Crippen LogP contribution is -2.64. The third kappa shape index (κ3) is 2.74. The molecule has 1 aromatic heterocycles. The maximum absolute atomic E-state index is 12.5. The second-order valence-electron chi connectivity index (χ2n) is 6.94. The molecule has 0 unspecified atom stereocenters. The van der Waals surface area contributed by atoms with Crippen molar-refractivity contribution in [1.29, 1.82) is 0 Å². The zero-order valence-corrected chi connectivity index (χ0v) is 14.0. The Morgan fingerprint density at radius 3 is 2.71 bits per heavy atom. The number of rotatable bonds is 3. The summed E-state index contributed by atoms with van der Waals surface area (Å²) in [6.07, 6.45) is 2.80. The number of carbonyl (C=O) groups excluding carboxylic acids is 1. The first-order valence-electron chi connectivity index (χ1n) is 8.48. The number of benzene rings is 1. The summed E-state index contributed by atoms with van der Waals surface area (Å²) in [5.74, 6) is 1.18.